The second-order valence-corrected chi connectivity index (χ2v) is 10.5. The monoisotopic (exact) mass is 491 g/mol. The summed E-state index contributed by atoms with van der Waals surface area (Å²) in [4.78, 5) is 19.4. The van der Waals surface area contributed by atoms with E-state index in [9.17, 15) is 13.2 Å². The summed E-state index contributed by atoms with van der Waals surface area (Å²) in [5, 5.41) is 0.604. The predicted octanol–water partition coefficient (Wildman–Crippen LogP) is 4.20. The molecule has 1 fully saturated rings. The first-order valence-corrected chi connectivity index (χ1v) is 12.6. The summed E-state index contributed by atoms with van der Waals surface area (Å²) in [5.41, 5.74) is 1.71. The maximum Gasteiger partial charge on any atom is 0.253 e. The third-order valence-corrected chi connectivity index (χ3v) is 7.50. The summed E-state index contributed by atoms with van der Waals surface area (Å²) in [6.45, 7) is 4.49. The highest BCUT2D eigenvalue weighted by Gasteiger charge is 2.29. The Morgan fingerprint density at radius 3 is 2.61 bits per heavy atom. The van der Waals surface area contributed by atoms with Crippen molar-refractivity contribution >= 4 is 38.6 Å². The Hall–Kier alpha value is -2.62. The van der Waals surface area contributed by atoms with Crippen molar-refractivity contribution in [1.82, 2.24) is 14.6 Å². The van der Waals surface area contributed by atoms with Gasteiger partial charge in [0.2, 0.25) is 10.0 Å². The highest BCUT2D eigenvalue weighted by Crippen LogP contribution is 2.32. The number of halogens is 1. The molecule has 8 nitrogen and oxygen atoms in total. The van der Waals surface area contributed by atoms with Crippen molar-refractivity contribution in [2.75, 3.05) is 20.2 Å². The number of carbonyl (C=O) groups is 1. The minimum Gasteiger partial charge on any atom is -0.495 e. The first-order valence-electron chi connectivity index (χ1n) is 10.7. The Balaban J connectivity index is 1.49. The fraction of sp³-hybridized carbons (Fsp3) is 0.391. The first-order chi connectivity index (χ1) is 15.7. The number of rotatable bonds is 6. The summed E-state index contributed by atoms with van der Waals surface area (Å²) in [6, 6.07) is 9.52. The third kappa shape index (κ3) is 5.00. The average Bonchev–Trinajstić information content (AvgIpc) is 3.20. The molecule has 1 amide bonds. The van der Waals surface area contributed by atoms with Crippen LogP contribution in [0.15, 0.2) is 45.7 Å². The molecular weight excluding hydrogens is 466 g/mol. The lowest BCUT2D eigenvalue weighted by Crippen LogP contribution is -2.38. The zero-order valence-corrected chi connectivity index (χ0v) is 20.2. The van der Waals surface area contributed by atoms with E-state index in [0.717, 1.165) is 5.52 Å². The van der Waals surface area contributed by atoms with Crippen molar-refractivity contribution in [3.8, 4) is 5.75 Å². The van der Waals surface area contributed by atoms with E-state index >= 15 is 0 Å². The fourth-order valence-electron chi connectivity index (χ4n) is 4.00. The van der Waals surface area contributed by atoms with Gasteiger partial charge >= 0.3 is 0 Å². The number of hydrogen-bond acceptors (Lipinski definition) is 6. The van der Waals surface area contributed by atoms with E-state index < -0.39 is 10.0 Å². The molecule has 4 rings (SSSR count). The van der Waals surface area contributed by atoms with E-state index in [0.29, 0.717) is 48.0 Å². The number of hydrogen-bond donors (Lipinski definition) is 1. The van der Waals surface area contributed by atoms with Crippen LogP contribution in [0.3, 0.4) is 0 Å². The van der Waals surface area contributed by atoms with Crippen LogP contribution in [0.5, 0.6) is 5.75 Å². The molecule has 1 aromatic heterocycles. The normalized spacial score (nSPS) is 15.4. The Morgan fingerprint density at radius 2 is 1.94 bits per heavy atom. The lowest BCUT2D eigenvalue weighted by molar-refractivity contribution is 0.0706. The van der Waals surface area contributed by atoms with Crippen LogP contribution >= 0.6 is 11.6 Å². The van der Waals surface area contributed by atoms with Gasteiger partial charge < -0.3 is 14.1 Å². The topological polar surface area (TPSA) is 102 Å². The first kappa shape index (κ1) is 23.5. The summed E-state index contributed by atoms with van der Waals surface area (Å²) in [6.07, 6.45) is 1.39. The van der Waals surface area contributed by atoms with Gasteiger partial charge in [0.05, 0.1) is 7.11 Å². The molecule has 176 valence electrons. The van der Waals surface area contributed by atoms with Crippen LogP contribution in [0.1, 0.15) is 48.9 Å². The molecule has 2 heterocycles. The summed E-state index contributed by atoms with van der Waals surface area (Å²) in [7, 11) is -2.43. The minimum atomic E-state index is -3.83. The van der Waals surface area contributed by atoms with E-state index in [-0.39, 0.29) is 28.5 Å². The van der Waals surface area contributed by atoms with Crippen LogP contribution in [0.2, 0.25) is 5.02 Å². The lowest BCUT2D eigenvalue weighted by Gasteiger charge is -2.30. The number of likely N-dealkylation sites (tertiary alicyclic amines) is 1. The minimum absolute atomic E-state index is 0.0513. The molecule has 3 aromatic rings. The Bertz CT molecular complexity index is 1280. The van der Waals surface area contributed by atoms with Gasteiger partial charge in [-0.1, -0.05) is 11.6 Å². The van der Waals surface area contributed by atoms with Crippen LogP contribution in [0.25, 0.3) is 11.1 Å². The Kier molecular flexibility index (Phi) is 6.65. The van der Waals surface area contributed by atoms with Crippen molar-refractivity contribution in [2.45, 2.75) is 43.5 Å². The van der Waals surface area contributed by atoms with E-state index in [4.69, 9.17) is 20.8 Å². The second kappa shape index (κ2) is 9.32. The largest absolute Gasteiger partial charge is 0.495 e. The SMILES string of the molecule is COc1ccc(C(=O)N2CCC(c3nc4cc(Cl)ccc4o3)CC2)cc1S(=O)(=O)NC(C)C. The number of fused-ring (bicyclic) bond motifs is 1. The van der Waals surface area contributed by atoms with Crippen molar-refractivity contribution in [3.63, 3.8) is 0 Å². The predicted molar refractivity (Wildman–Crippen MR) is 125 cm³/mol. The number of methoxy groups -OCH3 is 1. The van der Waals surface area contributed by atoms with Gasteiger partial charge in [0.1, 0.15) is 16.2 Å². The molecule has 0 saturated carbocycles. The molecule has 1 aliphatic heterocycles. The van der Waals surface area contributed by atoms with Gasteiger partial charge in [-0.25, -0.2) is 18.1 Å². The zero-order valence-electron chi connectivity index (χ0n) is 18.7. The number of aromatic nitrogens is 1. The van der Waals surface area contributed by atoms with Crippen molar-refractivity contribution in [3.05, 3.63) is 52.9 Å². The van der Waals surface area contributed by atoms with Crippen molar-refractivity contribution in [2.24, 2.45) is 0 Å². The molecule has 0 radical (unpaired) electrons. The van der Waals surface area contributed by atoms with Crippen LogP contribution in [0, 0.1) is 0 Å². The summed E-state index contributed by atoms with van der Waals surface area (Å²) >= 11 is 6.03. The summed E-state index contributed by atoms with van der Waals surface area (Å²) in [5.74, 6) is 0.718. The molecule has 0 atom stereocenters. The third-order valence-electron chi connectivity index (χ3n) is 5.59. The van der Waals surface area contributed by atoms with E-state index in [1.165, 1.54) is 19.2 Å². The quantitative estimate of drug-likeness (QED) is 0.554. The highest BCUT2D eigenvalue weighted by atomic mass is 35.5. The number of benzene rings is 2. The fourth-order valence-corrected chi connectivity index (χ4v) is 5.61. The van der Waals surface area contributed by atoms with Crippen LogP contribution < -0.4 is 9.46 Å². The van der Waals surface area contributed by atoms with Crippen LogP contribution in [-0.4, -0.2) is 50.5 Å². The van der Waals surface area contributed by atoms with Crippen LogP contribution in [-0.2, 0) is 10.0 Å². The molecular formula is C23H26ClN3O5S. The number of sulfonamides is 1. The smallest absolute Gasteiger partial charge is 0.253 e. The molecule has 2 aromatic carbocycles. The van der Waals surface area contributed by atoms with Gasteiger partial charge in [0, 0.05) is 35.6 Å². The number of carbonyl (C=O) groups excluding carboxylic acids is 1. The maximum atomic E-state index is 13.1. The van der Waals surface area contributed by atoms with Gasteiger partial charge in [-0.15, -0.1) is 0 Å². The van der Waals surface area contributed by atoms with Gasteiger partial charge in [0.15, 0.2) is 11.5 Å². The second-order valence-electron chi connectivity index (χ2n) is 8.37. The molecule has 1 aliphatic rings. The lowest BCUT2D eigenvalue weighted by atomic mass is 9.96. The van der Waals surface area contributed by atoms with Crippen molar-refractivity contribution < 1.29 is 22.4 Å². The Labute approximate surface area is 197 Å². The van der Waals surface area contributed by atoms with Crippen molar-refractivity contribution in [1.29, 1.82) is 0 Å². The number of oxazole rings is 1. The summed E-state index contributed by atoms with van der Waals surface area (Å²) < 4.78 is 39.1. The number of piperidine rings is 1. The molecule has 1 saturated heterocycles. The van der Waals surface area contributed by atoms with E-state index in [1.807, 2.05) is 0 Å². The maximum absolute atomic E-state index is 13.1. The van der Waals surface area contributed by atoms with E-state index in [2.05, 4.69) is 9.71 Å². The van der Waals surface area contributed by atoms with Gasteiger partial charge in [-0.3, -0.25) is 4.79 Å². The number of amides is 1. The number of nitrogens with zero attached hydrogens (tertiary/aromatic N) is 2. The average molecular weight is 492 g/mol. The molecule has 10 heteroatoms. The number of nitrogens with one attached hydrogen (secondary N) is 1. The van der Waals surface area contributed by atoms with Gasteiger partial charge in [-0.2, -0.15) is 0 Å². The van der Waals surface area contributed by atoms with Crippen LogP contribution in [0.4, 0.5) is 0 Å². The van der Waals surface area contributed by atoms with E-state index in [1.54, 1.807) is 43.0 Å². The van der Waals surface area contributed by atoms with Gasteiger partial charge in [-0.05, 0) is 63.1 Å². The molecule has 0 spiro atoms. The molecule has 33 heavy (non-hydrogen) atoms. The molecule has 0 unspecified atom stereocenters. The van der Waals surface area contributed by atoms with Gasteiger partial charge in [0.25, 0.3) is 5.91 Å². The zero-order chi connectivity index (χ0) is 23.8. The highest BCUT2D eigenvalue weighted by molar-refractivity contribution is 7.89. The Morgan fingerprint density at radius 1 is 1.21 bits per heavy atom. The molecule has 0 aliphatic carbocycles. The molecule has 1 N–H and O–H groups in total. The standard InChI is InChI=1S/C23H26ClN3O5S/c1-14(2)26-33(29,30)21-12-16(4-6-20(21)31-3)23(28)27-10-8-15(9-11-27)22-25-18-13-17(24)5-7-19(18)32-22/h4-7,12-15,26H,8-11H2,1-3H3. The number of ether oxygens (including phenoxy) is 1. The molecule has 0 bridgehead atoms.